The molecular weight excluding hydrogens is 321 g/mol. The van der Waals surface area contributed by atoms with Crippen molar-refractivity contribution in [1.82, 2.24) is 0 Å². The first-order chi connectivity index (χ1) is 9.54. The lowest BCUT2D eigenvalue weighted by atomic mass is 10.1. The SMILES string of the molecule is CC(c1ccccc1F)N(C)c1ccc(C=O)cc1Br. The van der Waals surface area contributed by atoms with E-state index in [1.54, 1.807) is 24.3 Å². The van der Waals surface area contributed by atoms with Gasteiger partial charge in [0, 0.05) is 22.6 Å². The summed E-state index contributed by atoms with van der Waals surface area (Å²) in [7, 11) is 1.90. The number of anilines is 1. The molecule has 0 heterocycles. The molecule has 0 saturated heterocycles. The molecule has 0 aliphatic heterocycles. The number of benzene rings is 2. The van der Waals surface area contributed by atoms with Crippen molar-refractivity contribution < 1.29 is 9.18 Å². The van der Waals surface area contributed by atoms with Crippen LogP contribution in [0.4, 0.5) is 10.1 Å². The Morgan fingerprint density at radius 1 is 1.25 bits per heavy atom. The highest BCUT2D eigenvalue weighted by atomic mass is 79.9. The highest BCUT2D eigenvalue weighted by Gasteiger charge is 2.17. The second kappa shape index (κ2) is 6.18. The van der Waals surface area contributed by atoms with Crippen molar-refractivity contribution in [2.45, 2.75) is 13.0 Å². The molecule has 0 fully saturated rings. The van der Waals surface area contributed by atoms with Gasteiger partial charge in [0.2, 0.25) is 0 Å². The molecule has 0 amide bonds. The van der Waals surface area contributed by atoms with Crippen molar-refractivity contribution >= 4 is 27.9 Å². The van der Waals surface area contributed by atoms with Crippen LogP contribution in [0.25, 0.3) is 0 Å². The average molecular weight is 336 g/mol. The van der Waals surface area contributed by atoms with E-state index in [2.05, 4.69) is 15.9 Å². The maximum absolute atomic E-state index is 13.9. The summed E-state index contributed by atoms with van der Waals surface area (Å²) in [6.07, 6.45) is 0.800. The number of nitrogens with zero attached hydrogens (tertiary/aromatic N) is 1. The highest BCUT2D eigenvalue weighted by Crippen LogP contribution is 2.32. The van der Waals surface area contributed by atoms with Crippen LogP contribution >= 0.6 is 15.9 Å². The van der Waals surface area contributed by atoms with Crippen LogP contribution in [0.5, 0.6) is 0 Å². The van der Waals surface area contributed by atoms with Crippen molar-refractivity contribution in [2.75, 3.05) is 11.9 Å². The van der Waals surface area contributed by atoms with E-state index >= 15 is 0 Å². The molecule has 0 bridgehead atoms. The summed E-state index contributed by atoms with van der Waals surface area (Å²) in [5, 5.41) is 0. The quantitative estimate of drug-likeness (QED) is 0.761. The van der Waals surface area contributed by atoms with Gasteiger partial charge in [-0.05, 0) is 47.1 Å². The first kappa shape index (κ1) is 14.7. The lowest BCUT2D eigenvalue weighted by Crippen LogP contribution is -2.22. The summed E-state index contributed by atoms with van der Waals surface area (Å²) < 4.78 is 14.7. The minimum Gasteiger partial charge on any atom is -0.367 e. The second-order valence-corrected chi connectivity index (χ2v) is 5.49. The normalized spacial score (nSPS) is 12.0. The third kappa shape index (κ3) is 2.90. The van der Waals surface area contributed by atoms with Crippen molar-refractivity contribution in [1.29, 1.82) is 0 Å². The summed E-state index contributed by atoms with van der Waals surface area (Å²) in [6.45, 7) is 1.94. The zero-order chi connectivity index (χ0) is 14.7. The van der Waals surface area contributed by atoms with Gasteiger partial charge < -0.3 is 4.90 Å². The van der Waals surface area contributed by atoms with Gasteiger partial charge in [0.05, 0.1) is 11.7 Å². The molecular formula is C16H15BrFNO. The van der Waals surface area contributed by atoms with E-state index in [1.807, 2.05) is 31.0 Å². The van der Waals surface area contributed by atoms with Crippen LogP contribution in [0.1, 0.15) is 28.9 Å². The van der Waals surface area contributed by atoms with Gasteiger partial charge in [0.1, 0.15) is 12.1 Å². The standard InChI is InChI=1S/C16H15BrFNO/c1-11(13-5-3-4-6-15(13)18)19(2)16-8-7-12(10-20)9-14(16)17/h3-11H,1-2H3. The number of rotatable bonds is 4. The molecule has 0 spiro atoms. The number of hydrogen-bond donors (Lipinski definition) is 0. The third-order valence-corrected chi connectivity index (χ3v) is 4.06. The van der Waals surface area contributed by atoms with Gasteiger partial charge in [-0.2, -0.15) is 0 Å². The first-order valence-electron chi connectivity index (χ1n) is 6.26. The molecule has 2 nitrogen and oxygen atoms in total. The van der Waals surface area contributed by atoms with E-state index in [-0.39, 0.29) is 11.9 Å². The second-order valence-electron chi connectivity index (χ2n) is 4.64. The molecule has 2 rings (SSSR count). The van der Waals surface area contributed by atoms with Crippen LogP contribution in [0.3, 0.4) is 0 Å². The Hall–Kier alpha value is -1.68. The molecule has 0 aliphatic carbocycles. The number of carbonyl (C=O) groups excluding carboxylic acids is 1. The number of hydrogen-bond acceptors (Lipinski definition) is 2. The predicted molar refractivity (Wildman–Crippen MR) is 82.7 cm³/mol. The maximum Gasteiger partial charge on any atom is 0.150 e. The highest BCUT2D eigenvalue weighted by molar-refractivity contribution is 9.10. The molecule has 0 saturated carbocycles. The van der Waals surface area contributed by atoms with Gasteiger partial charge in [-0.15, -0.1) is 0 Å². The minimum atomic E-state index is -0.215. The Morgan fingerprint density at radius 3 is 2.55 bits per heavy atom. The van der Waals surface area contributed by atoms with Crippen LogP contribution in [0, 0.1) is 5.82 Å². The van der Waals surface area contributed by atoms with Crippen LogP contribution < -0.4 is 4.90 Å². The van der Waals surface area contributed by atoms with E-state index < -0.39 is 0 Å². The maximum atomic E-state index is 13.9. The molecule has 0 aromatic heterocycles. The minimum absolute atomic E-state index is 0.116. The molecule has 0 aliphatic rings. The lowest BCUT2D eigenvalue weighted by molar-refractivity contribution is 0.112. The molecule has 2 aromatic carbocycles. The van der Waals surface area contributed by atoms with Crippen LogP contribution in [0.15, 0.2) is 46.9 Å². The van der Waals surface area contributed by atoms with Gasteiger partial charge in [-0.25, -0.2) is 4.39 Å². The molecule has 1 unspecified atom stereocenters. The summed E-state index contributed by atoms with van der Waals surface area (Å²) in [6, 6.07) is 12.0. The van der Waals surface area contributed by atoms with Crippen LogP contribution in [0.2, 0.25) is 0 Å². The Balaban J connectivity index is 2.34. The topological polar surface area (TPSA) is 20.3 Å². The van der Waals surface area contributed by atoms with Crippen molar-refractivity contribution in [3.63, 3.8) is 0 Å². The van der Waals surface area contributed by atoms with Crippen molar-refractivity contribution in [3.05, 3.63) is 63.9 Å². The van der Waals surface area contributed by atoms with E-state index in [0.717, 1.165) is 16.4 Å². The fourth-order valence-corrected chi connectivity index (χ4v) is 2.79. The molecule has 0 radical (unpaired) electrons. The molecule has 1 atom stereocenters. The Labute approximate surface area is 126 Å². The van der Waals surface area contributed by atoms with E-state index in [4.69, 9.17) is 0 Å². The zero-order valence-electron chi connectivity index (χ0n) is 11.3. The lowest BCUT2D eigenvalue weighted by Gasteiger charge is -2.28. The number of halogens is 2. The van der Waals surface area contributed by atoms with Gasteiger partial charge in [-0.3, -0.25) is 4.79 Å². The zero-order valence-corrected chi connectivity index (χ0v) is 12.9. The Bertz CT molecular complexity index is 630. The summed E-state index contributed by atoms with van der Waals surface area (Å²) >= 11 is 3.45. The molecule has 0 N–H and O–H groups in total. The van der Waals surface area contributed by atoms with Gasteiger partial charge in [-0.1, -0.05) is 18.2 Å². The van der Waals surface area contributed by atoms with E-state index in [9.17, 15) is 9.18 Å². The van der Waals surface area contributed by atoms with Crippen molar-refractivity contribution in [2.24, 2.45) is 0 Å². The van der Waals surface area contributed by atoms with E-state index in [0.29, 0.717) is 11.1 Å². The fraction of sp³-hybridized carbons (Fsp3) is 0.188. The average Bonchev–Trinajstić information content (AvgIpc) is 2.46. The van der Waals surface area contributed by atoms with Crippen LogP contribution in [-0.2, 0) is 0 Å². The molecule has 20 heavy (non-hydrogen) atoms. The number of carbonyl (C=O) groups is 1. The first-order valence-corrected chi connectivity index (χ1v) is 7.06. The van der Waals surface area contributed by atoms with Gasteiger partial charge >= 0.3 is 0 Å². The third-order valence-electron chi connectivity index (χ3n) is 3.42. The van der Waals surface area contributed by atoms with Gasteiger partial charge in [0.15, 0.2) is 0 Å². The van der Waals surface area contributed by atoms with E-state index in [1.165, 1.54) is 6.07 Å². The van der Waals surface area contributed by atoms with Crippen molar-refractivity contribution in [3.8, 4) is 0 Å². The smallest absolute Gasteiger partial charge is 0.150 e. The fourth-order valence-electron chi connectivity index (χ4n) is 2.11. The summed E-state index contributed by atoms with van der Waals surface area (Å²) in [5.74, 6) is -0.215. The van der Waals surface area contributed by atoms with Crippen LogP contribution in [-0.4, -0.2) is 13.3 Å². The Morgan fingerprint density at radius 2 is 1.95 bits per heavy atom. The van der Waals surface area contributed by atoms with Gasteiger partial charge in [0.25, 0.3) is 0 Å². The monoisotopic (exact) mass is 335 g/mol. The molecule has 104 valence electrons. The molecule has 4 heteroatoms. The number of aldehydes is 1. The predicted octanol–water partition coefficient (Wildman–Crippen LogP) is 4.60. The summed E-state index contributed by atoms with van der Waals surface area (Å²) in [5.41, 5.74) is 2.15. The largest absolute Gasteiger partial charge is 0.367 e. The molecule has 2 aromatic rings. The Kier molecular flexibility index (Phi) is 4.55. The summed E-state index contributed by atoms with van der Waals surface area (Å²) in [4.78, 5) is 12.7.